The molecule has 0 aliphatic carbocycles. The van der Waals surface area contributed by atoms with E-state index >= 15 is 0 Å². The van der Waals surface area contributed by atoms with E-state index in [0.717, 1.165) is 11.4 Å². The van der Waals surface area contributed by atoms with Gasteiger partial charge < -0.3 is 4.90 Å². The van der Waals surface area contributed by atoms with Gasteiger partial charge in [-0.1, -0.05) is 6.58 Å². The maximum atomic E-state index is 4.06. The molecule has 0 aromatic heterocycles. The van der Waals surface area contributed by atoms with Crippen molar-refractivity contribution in [2.24, 2.45) is 4.99 Å². The van der Waals surface area contributed by atoms with Gasteiger partial charge in [0.15, 0.2) is 0 Å². The summed E-state index contributed by atoms with van der Waals surface area (Å²) in [6.07, 6.45) is 3.71. The van der Waals surface area contributed by atoms with Crippen LogP contribution in [0.25, 0.3) is 0 Å². The van der Waals surface area contributed by atoms with E-state index < -0.39 is 0 Å². The Morgan fingerprint density at radius 2 is 2.33 bits per heavy atom. The Balaban J connectivity index is 2.82. The van der Waals surface area contributed by atoms with Gasteiger partial charge in [0.05, 0.1) is 6.34 Å². The quantitative estimate of drug-likeness (QED) is 0.474. The van der Waals surface area contributed by atoms with E-state index in [1.807, 2.05) is 24.9 Å². The third kappa shape index (κ3) is 1.19. The van der Waals surface area contributed by atoms with E-state index in [1.165, 1.54) is 0 Å². The molecule has 0 radical (unpaired) electrons. The minimum absolute atomic E-state index is 0.988. The third-order valence-electron chi connectivity index (χ3n) is 1.26. The van der Waals surface area contributed by atoms with Gasteiger partial charge in [-0.25, -0.2) is 4.99 Å². The number of likely N-dealkylation sites (N-methyl/N-ethyl adjacent to an activating group) is 1. The third-order valence-corrected chi connectivity index (χ3v) is 1.26. The van der Waals surface area contributed by atoms with Gasteiger partial charge in [-0.2, -0.15) is 0 Å². The monoisotopic (exact) mass is 122 g/mol. The van der Waals surface area contributed by atoms with Crippen molar-refractivity contribution in [1.82, 2.24) is 4.90 Å². The van der Waals surface area contributed by atoms with Crippen LogP contribution in [0, 0.1) is 0 Å². The molecule has 0 spiro atoms. The van der Waals surface area contributed by atoms with E-state index in [2.05, 4.69) is 11.6 Å². The molecule has 1 rings (SSSR count). The molecule has 48 valence electrons. The van der Waals surface area contributed by atoms with E-state index in [9.17, 15) is 0 Å². The number of hydrogen-bond acceptors (Lipinski definition) is 2. The maximum absolute atomic E-state index is 4.06. The minimum Gasteiger partial charge on any atom is -0.336 e. The smallest absolute Gasteiger partial charge is 0.0949 e. The highest BCUT2D eigenvalue weighted by Crippen LogP contribution is 2.08. The van der Waals surface area contributed by atoms with Crippen molar-refractivity contribution in [2.75, 3.05) is 7.05 Å². The summed E-state index contributed by atoms with van der Waals surface area (Å²) in [7, 11) is 1.93. The highest BCUT2D eigenvalue weighted by atomic mass is 15.1. The number of rotatable bonds is 0. The van der Waals surface area contributed by atoms with Crippen LogP contribution < -0.4 is 0 Å². The molecule has 0 amide bonds. The van der Waals surface area contributed by atoms with Crippen molar-refractivity contribution in [2.45, 2.75) is 6.92 Å². The van der Waals surface area contributed by atoms with Crippen LogP contribution in [0.3, 0.4) is 0 Å². The van der Waals surface area contributed by atoms with Crippen LogP contribution >= 0.6 is 0 Å². The summed E-state index contributed by atoms with van der Waals surface area (Å²) in [5, 5.41) is 0. The first-order valence-corrected chi connectivity index (χ1v) is 2.84. The van der Waals surface area contributed by atoms with Crippen molar-refractivity contribution in [1.29, 1.82) is 0 Å². The largest absolute Gasteiger partial charge is 0.336 e. The fraction of sp³-hybridized carbons (Fsp3) is 0.286. The van der Waals surface area contributed by atoms with E-state index in [1.54, 1.807) is 6.34 Å². The molecule has 1 aliphatic heterocycles. The van der Waals surface area contributed by atoms with Crippen molar-refractivity contribution in [3.8, 4) is 0 Å². The average Bonchev–Trinajstić information content (AvgIpc) is 1.80. The maximum Gasteiger partial charge on any atom is 0.0949 e. The first kappa shape index (κ1) is 6.08. The molecule has 0 atom stereocenters. The Bertz CT molecular complexity index is 189. The Labute approximate surface area is 55.2 Å². The zero-order chi connectivity index (χ0) is 6.85. The molecule has 0 fully saturated rings. The Hall–Kier alpha value is -1.05. The summed E-state index contributed by atoms with van der Waals surface area (Å²) in [5.41, 5.74) is 2.00. The van der Waals surface area contributed by atoms with Crippen LogP contribution in [0.15, 0.2) is 29.0 Å². The van der Waals surface area contributed by atoms with Crippen LogP contribution in [0.5, 0.6) is 0 Å². The lowest BCUT2D eigenvalue weighted by Gasteiger charge is -2.16. The van der Waals surface area contributed by atoms with Crippen molar-refractivity contribution in [3.63, 3.8) is 0 Å². The summed E-state index contributed by atoms with van der Waals surface area (Å²) in [4.78, 5) is 5.94. The summed E-state index contributed by atoms with van der Waals surface area (Å²) in [5.74, 6) is 0. The number of allylic oxidation sites excluding steroid dienone is 2. The molecule has 2 nitrogen and oxygen atoms in total. The summed E-state index contributed by atoms with van der Waals surface area (Å²) in [6, 6.07) is 0. The summed E-state index contributed by atoms with van der Waals surface area (Å²) >= 11 is 0. The molecule has 0 bridgehead atoms. The highest BCUT2D eigenvalue weighted by molar-refractivity contribution is 5.62. The molecular weight excluding hydrogens is 112 g/mol. The second-order valence-electron chi connectivity index (χ2n) is 2.13. The second-order valence-corrected chi connectivity index (χ2v) is 2.13. The fourth-order valence-electron chi connectivity index (χ4n) is 0.632. The zero-order valence-electron chi connectivity index (χ0n) is 5.76. The SMILES string of the molecule is C=C1C=C(C)N=CN1C. The van der Waals surface area contributed by atoms with Gasteiger partial charge in [0.2, 0.25) is 0 Å². The first-order chi connectivity index (χ1) is 4.20. The standard InChI is InChI=1S/C7H10N2/c1-6-4-7(2)9(3)5-8-6/h4-5H,2H2,1,3H3. The van der Waals surface area contributed by atoms with Crippen molar-refractivity contribution < 1.29 is 0 Å². The normalized spacial score (nSPS) is 18.2. The molecule has 0 aromatic carbocycles. The van der Waals surface area contributed by atoms with Gasteiger partial charge in [0, 0.05) is 18.4 Å². The molecule has 0 saturated heterocycles. The van der Waals surface area contributed by atoms with Gasteiger partial charge in [-0.05, 0) is 13.0 Å². The number of nitrogens with zero attached hydrogens (tertiary/aromatic N) is 2. The van der Waals surface area contributed by atoms with Gasteiger partial charge >= 0.3 is 0 Å². The molecule has 9 heavy (non-hydrogen) atoms. The van der Waals surface area contributed by atoms with Gasteiger partial charge in [-0.15, -0.1) is 0 Å². The van der Waals surface area contributed by atoms with Gasteiger partial charge in [0.25, 0.3) is 0 Å². The summed E-state index contributed by atoms with van der Waals surface area (Å²) < 4.78 is 0. The highest BCUT2D eigenvalue weighted by Gasteiger charge is 1.99. The van der Waals surface area contributed by atoms with E-state index in [-0.39, 0.29) is 0 Å². The average molecular weight is 122 g/mol. The topological polar surface area (TPSA) is 15.6 Å². The lowest BCUT2D eigenvalue weighted by molar-refractivity contribution is 0.659. The molecule has 0 saturated carbocycles. The first-order valence-electron chi connectivity index (χ1n) is 2.84. The van der Waals surface area contributed by atoms with Crippen molar-refractivity contribution in [3.05, 3.63) is 24.0 Å². The van der Waals surface area contributed by atoms with Gasteiger partial charge in [0.1, 0.15) is 0 Å². The number of hydrogen-bond donors (Lipinski definition) is 0. The molecule has 1 heterocycles. The lowest BCUT2D eigenvalue weighted by atomic mass is 10.3. The van der Waals surface area contributed by atoms with Crippen LogP contribution in [0.4, 0.5) is 0 Å². The predicted molar refractivity (Wildman–Crippen MR) is 39.2 cm³/mol. The minimum atomic E-state index is 0.988. The number of aliphatic imine (C=N–C) groups is 1. The molecule has 1 aliphatic rings. The van der Waals surface area contributed by atoms with Gasteiger partial charge in [-0.3, -0.25) is 0 Å². The zero-order valence-corrected chi connectivity index (χ0v) is 5.76. The van der Waals surface area contributed by atoms with Crippen LogP contribution in [-0.4, -0.2) is 18.3 Å². The van der Waals surface area contributed by atoms with E-state index in [4.69, 9.17) is 0 Å². The molecule has 0 unspecified atom stereocenters. The summed E-state index contributed by atoms with van der Waals surface area (Å²) in [6.45, 7) is 5.76. The lowest BCUT2D eigenvalue weighted by Crippen LogP contribution is -2.15. The fourth-order valence-corrected chi connectivity index (χ4v) is 0.632. The molecule has 2 heteroatoms. The second kappa shape index (κ2) is 2.05. The van der Waals surface area contributed by atoms with Crippen LogP contribution in [0.1, 0.15) is 6.92 Å². The molecular formula is C7H10N2. The molecule has 0 N–H and O–H groups in total. The molecule has 0 aromatic rings. The van der Waals surface area contributed by atoms with E-state index in [0.29, 0.717) is 0 Å². The van der Waals surface area contributed by atoms with Crippen molar-refractivity contribution >= 4 is 6.34 Å². The Morgan fingerprint density at radius 1 is 1.67 bits per heavy atom. The Kier molecular flexibility index (Phi) is 1.39. The predicted octanol–water partition coefficient (Wildman–Crippen LogP) is 1.38. The van der Waals surface area contributed by atoms with Crippen LogP contribution in [-0.2, 0) is 0 Å². The Morgan fingerprint density at radius 3 is 2.78 bits per heavy atom. The van der Waals surface area contributed by atoms with Crippen LogP contribution in [0.2, 0.25) is 0 Å².